The van der Waals surface area contributed by atoms with Crippen molar-refractivity contribution in [3.8, 4) is 5.69 Å². The van der Waals surface area contributed by atoms with Gasteiger partial charge in [-0.25, -0.2) is 4.79 Å². The van der Waals surface area contributed by atoms with E-state index in [4.69, 9.17) is 11.6 Å². The van der Waals surface area contributed by atoms with Crippen molar-refractivity contribution in [2.75, 3.05) is 0 Å². The van der Waals surface area contributed by atoms with Crippen LogP contribution in [0.4, 0.5) is 4.79 Å². The molecule has 1 aromatic heterocycles. The summed E-state index contributed by atoms with van der Waals surface area (Å²) in [4.78, 5) is 22.7. The molecule has 2 aromatic rings. The SMILES string of the molecule is Cc1ccc(-n2cccc2/C=C2/NC(=O)NC2=O)cc1Cl. The number of hydrogen-bond donors (Lipinski definition) is 2. The Labute approximate surface area is 126 Å². The summed E-state index contributed by atoms with van der Waals surface area (Å²) in [5.74, 6) is -0.435. The van der Waals surface area contributed by atoms with Gasteiger partial charge in [-0.15, -0.1) is 0 Å². The summed E-state index contributed by atoms with van der Waals surface area (Å²) in [7, 11) is 0. The minimum atomic E-state index is -0.511. The molecule has 0 aliphatic carbocycles. The van der Waals surface area contributed by atoms with Crippen LogP contribution in [0.15, 0.2) is 42.2 Å². The quantitative estimate of drug-likeness (QED) is 0.661. The average Bonchev–Trinajstić information content (AvgIpc) is 3.01. The van der Waals surface area contributed by atoms with Gasteiger partial charge >= 0.3 is 6.03 Å². The number of benzene rings is 1. The monoisotopic (exact) mass is 301 g/mol. The molecule has 0 unspecified atom stereocenters. The van der Waals surface area contributed by atoms with Crippen LogP contribution in [-0.2, 0) is 4.79 Å². The van der Waals surface area contributed by atoms with Crippen molar-refractivity contribution in [3.63, 3.8) is 0 Å². The van der Waals surface area contributed by atoms with Crippen LogP contribution in [0.1, 0.15) is 11.3 Å². The lowest BCUT2D eigenvalue weighted by atomic mass is 10.2. The van der Waals surface area contributed by atoms with Crippen LogP contribution in [0.25, 0.3) is 11.8 Å². The maximum atomic E-state index is 11.6. The highest BCUT2D eigenvalue weighted by Gasteiger charge is 2.23. The van der Waals surface area contributed by atoms with E-state index in [1.54, 1.807) is 6.08 Å². The molecule has 2 heterocycles. The molecule has 1 saturated heterocycles. The summed E-state index contributed by atoms with van der Waals surface area (Å²) in [5, 5.41) is 5.30. The normalized spacial score (nSPS) is 16.2. The van der Waals surface area contributed by atoms with Gasteiger partial charge in [-0.05, 0) is 42.8 Å². The molecule has 1 fully saturated rings. The Morgan fingerprint density at radius 3 is 2.67 bits per heavy atom. The number of aryl methyl sites for hydroxylation is 1. The lowest BCUT2D eigenvalue weighted by molar-refractivity contribution is -0.115. The first-order valence-corrected chi connectivity index (χ1v) is 6.70. The van der Waals surface area contributed by atoms with Crippen LogP contribution in [0.5, 0.6) is 0 Å². The molecule has 1 aromatic carbocycles. The summed E-state index contributed by atoms with van der Waals surface area (Å²) in [6, 6.07) is 8.91. The second kappa shape index (κ2) is 5.10. The first kappa shape index (κ1) is 13.5. The van der Waals surface area contributed by atoms with E-state index in [2.05, 4.69) is 10.6 Å². The van der Waals surface area contributed by atoms with E-state index in [1.165, 1.54) is 0 Å². The highest BCUT2D eigenvalue weighted by Crippen LogP contribution is 2.22. The van der Waals surface area contributed by atoms with Crippen molar-refractivity contribution in [1.29, 1.82) is 0 Å². The topological polar surface area (TPSA) is 63.1 Å². The Morgan fingerprint density at radius 1 is 1.19 bits per heavy atom. The first-order valence-electron chi connectivity index (χ1n) is 6.32. The van der Waals surface area contributed by atoms with E-state index in [0.717, 1.165) is 16.9 Å². The molecule has 3 amide bonds. The zero-order chi connectivity index (χ0) is 15.0. The van der Waals surface area contributed by atoms with Gasteiger partial charge in [-0.3, -0.25) is 10.1 Å². The summed E-state index contributed by atoms with van der Waals surface area (Å²) < 4.78 is 1.88. The van der Waals surface area contributed by atoms with Crippen LogP contribution in [0, 0.1) is 6.92 Å². The van der Waals surface area contributed by atoms with Crippen molar-refractivity contribution in [2.24, 2.45) is 0 Å². The van der Waals surface area contributed by atoms with Gasteiger partial charge in [0.25, 0.3) is 5.91 Å². The molecule has 1 aliphatic rings. The van der Waals surface area contributed by atoms with Gasteiger partial charge in [0.2, 0.25) is 0 Å². The molecule has 2 N–H and O–H groups in total. The number of carbonyl (C=O) groups is 2. The van der Waals surface area contributed by atoms with Gasteiger partial charge in [-0.2, -0.15) is 0 Å². The summed E-state index contributed by atoms with van der Waals surface area (Å²) >= 11 is 6.15. The highest BCUT2D eigenvalue weighted by atomic mass is 35.5. The third kappa shape index (κ3) is 2.55. The zero-order valence-corrected chi connectivity index (χ0v) is 11.9. The molecule has 0 saturated carbocycles. The van der Waals surface area contributed by atoms with E-state index in [9.17, 15) is 9.59 Å². The summed E-state index contributed by atoms with van der Waals surface area (Å²) in [6.45, 7) is 1.93. The third-order valence-corrected chi connectivity index (χ3v) is 3.63. The van der Waals surface area contributed by atoms with E-state index in [0.29, 0.717) is 5.02 Å². The van der Waals surface area contributed by atoms with Crippen molar-refractivity contribution in [1.82, 2.24) is 15.2 Å². The highest BCUT2D eigenvalue weighted by molar-refractivity contribution is 6.31. The van der Waals surface area contributed by atoms with Crippen molar-refractivity contribution in [2.45, 2.75) is 6.92 Å². The van der Waals surface area contributed by atoms with Gasteiger partial charge in [0.1, 0.15) is 5.70 Å². The van der Waals surface area contributed by atoms with Crippen LogP contribution in [0.2, 0.25) is 5.02 Å². The molecule has 3 rings (SSSR count). The number of amides is 3. The standard InChI is InChI=1S/C15H12ClN3O2/c1-9-4-5-11(7-12(9)16)19-6-2-3-10(19)8-13-14(20)18-15(21)17-13/h2-8H,1H3,(H2,17,18,20,21)/b13-8+. The van der Waals surface area contributed by atoms with Crippen LogP contribution in [-0.4, -0.2) is 16.5 Å². The largest absolute Gasteiger partial charge is 0.326 e. The summed E-state index contributed by atoms with van der Waals surface area (Å²) in [5.41, 5.74) is 2.86. The molecule has 1 aliphatic heterocycles. The zero-order valence-electron chi connectivity index (χ0n) is 11.2. The number of hydrogen-bond acceptors (Lipinski definition) is 2. The molecule has 0 spiro atoms. The Bertz CT molecular complexity index is 777. The minimum Gasteiger partial charge on any atom is -0.317 e. The third-order valence-electron chi connectivity index (χ3n) is 3.23. The van der Waals surface area contributed by atoms with Crippen LogP contribution < -0.4 is 10.6 Å². The van der Waals surface area contributed by atoms with E-state index in [-0.39, 0.29) is 5.70 Å². The molecule has 106 valence electrons. The van der Waals surface area contributed by atoms with Crippen LogP contribution in [0.3, 0.4) is 0 Å². The van der Waals surface area contributed by atoms with Crippen molar-refractivity contribution in [3.05, 3.63) is 58.5 Å². The molecule has 0 atom stereocenters. The van der Waals surface area contributed by atoms with Gasteiger partial charge in [0, 0.05) is 22.6 Å². The number of rotatable bonds is 2. The first-order chi connectivity index (χ1) is 10.0. The molecular formula is C15H12ClN3O2. The fraction of sp³-hybridized carbons (Fsp3) is 0.0667. The molecule has 5 nitrogen and oxygen atoms in total. The number of halogens is 1. The Hall–Kier alpha value is -2.53. The predicted molar refractivity (Wildman–Crippen MR) is 80.2 cm³/mol. The molecular weight excluding hydrogens is 290 g/mol. The van der Waals surface area contributed by atoms with Crippen molar-refractivity contribution >= 4 is 29.6 Å². The predicted octanol–water partition coefficient (Wildman–Crippen LogP) is 2.62. The second-order valence-electron chi connectivity index (χ2n) is 4.70. The van der Waals surface area contributed by atoms with Crippen molar-refractivity contribution < 1.29 is 9.59 Å². The lowest BCUT2D eigenvalue weighted by Crippen LogP contribution is -2.22. The molecule has 0 radical (unpaired) electrons. The number of carbonyl (C=O) groups excluding carboxylic acids is 2. The molecule has 6 heteroatoms. The Morgan fingerprint density at radius 2 is 2.00 bits per heavy atom. The fourth-order valence-electron chi connectivity index (χ4n) is 2.11. The van der Waals surface area contributed by atoms with E-state index < -0.39 is 11.9 Å². The second-order valence-corrected chi connectivity index (χ2v) is 5.11. The Balaban J connectivity index is 2.01. The van der Waals surface area contributed by atoms with Gasteiger partial charge in [0.15, 0.2) is 0 Å². The van der Waals surface area contributed by atoms with Crippen LogP contribution >= 0.6 is 11.6 Å². The average molecular weight is 302 g/mol. The van der Waals surface area contributed by atoms with E-state index >= 15 is 0 Å². The number of urea groups is 1. The number of imide groups is 1. The lowest BCUT2D eigenvalue weighted by Gasteiger charge is -2.08. The number of aromatic nitrogens is 1. The summed E-state index contributed by atoms with van der Waals surface area (Å²) in [6.07, 6.45) is 3.48. The maximum Gasteiger partial charge on any atom is 0.326 e. The fourth-order valence-corrected chi connectivity index (χ4v) is 2.28. The number of nitrogens with one attached hydrogen (secondary N) is 2. The smallest absolute Gasteiger partial charge is 0.317 e. The van der Waals surface area contributed by atoms with E-state index in [1.807, 2.05) is 48.0 Å². The number of nitrogens with zero attached hydrogens (tertiary/aromatic N) is 1. The Kier molecular flexibility index (Phi) is 3.27. The van der Waals surface area contributed by atoms with Gasteiger partial charge < -0.3 is 9.88 Å². The molecule has 0 bridgehead atoms. The van der Waals surface area contributed by atoms with Gasteiger partial charge in [-0.1, -0.05) is 17.7 Å². The molecule has 21 heavy (non-hydrogen) atoms. The van der Waals surface area contributed by atoms with Gasteiger partial charge in [0.05, 0.1) is 0 Å². The minimum absolute atomic E-state index is 0.221. The maximum absolute atomic E-state index is 11.6.